The summed E-state index contributed by atoms with van der Waals surface area (Å²) in [5, 5.41) is 10.5. The zero-order valence-electron chi connectivity index (χ0n) is 9.62. The number of rotatable bonds is 0. The lowest BCUT2D eigenvalue weighted by molar-refractivity contribution is -0.110. The van der Waals surface area contributed by atoms with Crippen LogP contribution in [0.4, 0.5) is 5.69 Å². The summed E-state index contributed by atoms with van der Waals surface area (Å²) in [6, 6.07) is 4.60. The summed E-state index contributed by atoms with van der Waals surface area (Å²) in [7, 11) is -2.87. The predicted molar refractivity (Wildman–Crippen MR) is 70.6 cm³/mol. The van der Waals surface area contributed by atoms with Crippen LogP contribution in [-0.2, 0) is 9.36 Å². The fraction of sp³-hybridized carbons (Fsp3) is 0.0769. The number of hydrogen-bond acceptors (Lipinski definition) is 4. The second kappa shape index (κ2) is 3.53. The number of ketones is 1. The molecule has 2 aliphatic rings. The lowest BCUT2D eigenvalue weighted by Gasteiger charge is -2.25. The average molecular weight is 259 g/mol. The Hall–Kier alpha value is -1.93. The largest absolute Gasteiger partial charge is 0.508 e. The molecule has 18 heavy (non-hydrogen) atoms. The lowest BCUT2D eigenvalue weighted by Crippen LogP contribution is -2.19. The van der Waals surface area contributed by atoms with Crippen molar-refractivity contribution in [3.8, 4) is 5.75 Å². The number of allylic oxidation sites excluding steroid dienone is 4. The first-order chi connectivity index (χ1) is 8.48. The van der Waals surface area contributed by atoms with Crippen molar-refractivity contribution in [2.45, 2.75) is 0 Å². The van der Waals surface area contributed by atoms with E-state index in [0.29, 0.717) is 22.0 Å². The van der Waals surface area contributed by atoms with Gasteiger partial charge in [-0.15, -0.1) is 0 Å². The van der Waals surface area contributed by atoms with Crippen molar-refractivity contribution in [3.63, 3.8) is 0 Å². The Labute approximate surface area is 104 Å². The molecule has 1 aliphatic carbocycles. The van der Waals surface area contributed by atoms with Crippen molar-refractivity contribution < 1.29 is 14.5 Å². The summed E-state index contributed by atoms with van der Waals surface area (Å²) in [6.45, 7) is 1.60. The summed E-state index contributed by atoms with van der Waals surface area (Å²) >= 11 is 0. The molecule has 1 aromatic rings. The molecule has 1 atom stereocenters. The fourth-order valence-corrected chi connectivity index (χ4v) is 4.28. The van der Waals surface area contributed by atoms with Crippen molar-refractivity contribution >= 4 is 29.6 Å². The minimum atomic E-state index is -2.87. The van der Waals surface area contributed by atoms with E-state index in [4.69, 9.17) is 0 Å². The molecule has 1 unspecified atom stereocenters. The number of phenolic OH excluding ortho intramolecular Hbond substituents is 1. The van der Waals surface area contributed by atoms with Gasteiger partial charge in [-0.05, 0) is 43.1 Å². The molecule has 3 rings (SSSR count). The average Bonchev–Trinajstić information content (AvgIpc) is 2.32. The van der Waals surface area contributed by atoms with Crippen molar-refractivity contribution in [3.05, 3.63) is 41.7 Å². The van der Waals surface area contributed by atoms with Gasteiger partial charge in [0, 0.05) is 10.6 Å². The van der Waals surface area contributed by atoms with Gasteiger partial charge in [0.05, 0.1) is 11.4 Å². The van der Waals surface area contributed by atoms with E-state index >= 15 is 0 Å². The zero-order valence-corrected chi connectivity index (χ0v) is 10.5. The summed E-state index contributed by atoms with van der Waals surface area (Å²) in [5.74, 6) is -0.137. The van der Waals surface area contributed by atoms with Crippen LogP contribution in [-0.4, -0.2) is 23.3 Å². The molecular weight excluding hydrogens is 249 g/mol. The van der Waals surface area contributed by atoms with E-state index in [9.17, 15) is 14.5 Å². The number of phenols is 1. The fourth-order valence-electron chi connectivity index (χ4n) is 2.15. The number of carbonyl (C=O) groups is 1. The summed E-state index contributed by atoms with van der Waals surface area (Å²) in [6.07, 6.45) is 4.37. The number of nitrogens with zero attached hydrogens (tertiary/aromatic N) is 1. The summed E-state index contributed by atoms with van der Waals surface area (Å²) in [5.41, 5.74) is 1.16. The van der Waals surface area contributed by atoms with Crippen LogP contribution in [0, 0.1) is 0 Å². The molecule has 0 aromatic heterocycles. The van der Waals surface area contributed by atoms with Gasteiger partial charge in [-0.25, -0.2) is 4.99 Å². The van der Waals surface area contributed by atoms with Crippen molar-refractivity contribution in [2.24, 2.45) is 4.99 Å². The van der Waals surface area contributed by atoms with Gasteiger partial charge in [-0.3, -0.25) is 4.79 Å². The smallest absolute Gasteiger partial charge is 0.179 e. The molecule has 0 saturated carbocycles. The van der Waals surface area contributed by atoms with Gasteiger partial charge < -0.3 is 9.67 Å². The molecule has 0 radical (unpaired) electrons. The van der Waals surface area contributed by atoms with Crippen LogP contribution in [0.25, 0.3) is 0 Å². The Bertz CT molecular complexity index is 713. The third-order valence-electron chi connectivity index (χ3n) is 3.07. The molecule has 0 amide bonds. The topological polar surface area (TPSA) is 66.7 Å². The minimum absolute atomic E-state index is 0.0488. The molecule has 1 aliphatic heterocycles. The third-order valence-corrected chi connectivity index (χ3v) is 5.62. The normalized spacial score (nSPS) is 25.1. The first-order valence-corrected chi connectivity index (χ1v) is 7.58. The van der Waals surface area contributed by atoms with E-state index < -0.39 is 7.14 Å². The lowest BCUT2D eigenvalue weighted by atomic mass is 10.1. The van der Waals surface area contributed by atoms with E-state index in [1.165, 1.54) is 24.3 Å². The number of fused-ring (bicyclic) bond motifs is 2. The highest BCUT2D eigenvalue weighted by atomic mass is 31.2. The number of carbonyl (C=O) groups excluding carboxylic acids is 1. The molecule has 90 valence electrons. The molecular formula is C13H10NO3P. The van der Waals surface area contributed by atoms with Gasteiger partial charge in [-0.2, -0.15) is 0 Å². The third kappa shape index (κ3) is 1.50. The van der Waals surface area contributed by atoms with Gasteiger partial charge in [0.1, 0.15) is 12.9 Å². The Kier molecular flexibility index (Phi) is 2.19. The van der Waals surface area contributed by atoms with Crippen LogP contribution in [0.5, 0.6) is 5.75 Å². The summed E-state index contributed by atoms with van der Waals surface area (Å²) in [4.78, 5) is 15.8. The first-order valence-electron chi connectivity index (χ1n) is 5.43. The van der Waals surface area contributed by atoms with Gasteiger partial charge >= 0.3 is 0 Å². The highest BCUT2D eigenvalue weighted by molar-refractivity contribution is 7.76. The molecule has 5 heteroatoms. The SMILES string of the molecule is CP1(=O)C2=CC(=O)C=CC2=Nc2ccc(O)cc21. The zero-order chi connectivity index (χ0) is 12.9. The standard InChI is InChI=1S/C13H10NO3P/c1-18(17)12-6-8(15)2-4-10(12)14-11-5-3-9(16)7-13(11)18/h2-7,15H,1H3. The van der Waals surface area contributed by atoms with E-state index in [-0.39, 0.29) is 11.5 Å². The van der Waals surface area contributed by atoms with Crippen LogP contribution in [0.3, 0.4) is 0 Å². The van der Waals surface area contributed by atoms with E-state index in [0.717, 1.165) is 0 Å². The second-order valence-electron chi connectivity index (χ2n) is 4.36. The van der Waals surface area contributed by atoms with E-state index in [2.05, 4.69) is 4.99 Å². The quantitative estimate of drug-likeness (QED) is 0.573. The molecule has 1 N–H and O–H groups in total. The van der Waals surface area contributed by atoms with Crippen molar-refractivity contribution in [2.75, 3.05) is 6.66 Å². The highest BCUT2D eigenvalue weighted by Gasteiger charge is 2.34. The molecule has 0 saturated heterocycles. The molecule has 0 bridgehead atoms. The van der Waals surface area contributed by atoms with Crippen molar-refractivity contribution in [1.29, 1.82) is 0 Å². The van der Waals surface area contributed by atoms with Crippen LogP contribution >= 0.6 is 7.14 Å². The number of aliphatic imine (C=N–C) groups is 1. The number of hydrogen-bond donors (Lipinski definition) is 1. The maximum atomic E-state index is 12.9. The van der Waals surface area contributed by atoms with Gasteiger partial charge in [0.15, 0.2) is 5.78 Å². The van der Waals surface area contributed by atoms with Crippen LogP contribution in [0.15, 0.2) is 46.7 Å². The Morgan fingerprint density at radius 2 is 2.06 bits per heavy atom. The van der Waals surface area contributed by atoms with Crippen LogP contribution in [0.2, 0.25) is 0 Å². The Balaban J connectivity index is 2.34. The molecule has 4 nitrogen and oxygen atoms in total. The number of benzene rings is 1. The first kappa shape index (κ1) is 11.2. The maximum absolute atomic E-state index is 12.9. The maximum Gasteiger partial charge on any atom is 0.179 e. The Morgan fingerprint density at radius 3 is 2.83 bits per heavy atom. The molecule has 0 spiro atoms. The van der Waals surface area contributed by atoms with Gasteiger partial charge in [0.25, 0.3) is 0 Å². The molecule has 0 fully saturated rings. The van der Waals surface area contributed by atoms with Crippen LogP contribution < -0.4 is 5.30 Å². The van der Waals surface area contributed by atoms with Crippen molar-refractivity contribution in [1.82, 2.24) is 0 Å². The van der Waals surface area contributed by atoms with Gasteiger partial charge in [0.2, 0.25) is 0 Å². The molecule has 1 heterocycles. The number of aromatic hydroxyl groups is 1. The Morgan fingerprint density at radius 1 is 1.28 bits per heavy atom. The van der Waals surface area contributed by atoms with Crippen LogP contribution in [0.1, 0.15) is 0 Å². The van der Waals surface area contributed by atoms with E-state index in [1.54, 1.807) is 18.8 Å². The minimum Gasteiger partial charge on any atom is -0.508 e. The summed E-state index contributed by atoms with van der Waals surface area (Å²) < 4.78 is 12.9. The van der Waals surface area contributed by atoms with Gasteiger partial charge in [-0.1, -0.05) is 0 Å². The van der Waals surface area contributed by atoms with E-state index in [1.807, 2.05) is 0 Å². The molecule has 1 aromatic carbocycles. The highest BCUT2D eigenvalue weighted by Crippen LogP contribution is 2.55. The second-order valence-corrected chi connectivity index (χ2v) is 7.17. The monoisotopic (exact) mass is 259 g/mol. The predicted octanol–water partition coefficient (Wildman–Crippen LogP) is 2.12.